The molecule has 0 bridgehead atoms. The summed E-state index contributed by atoms with van der Waals surface area (Å²) in [5.74, 6) is 0.431. The Kier molecular flexibility index (Phi) is 4.92. The maximum atomic E-state index is 12.4. The number of aryl methyl sites for hydroxylation is 1. The summed E-state index contributed by atoms with van der Waals surface area (Å²) >= 11 is 0. The van der Waals surface area contributed by atoms with Crippen LogP contribution in [0.1, 0.15) is 24.1 Å². The fourth-order valence-corrected chi connectivity index (χ4v) is 3.52. The lowest BCUT2D eigenvalue weighted by Crippen LogP contribution is -2.19. The van der Waals surface area contributed by atoms with Crippen LogP contribution < -0.4 is 10.2 Å². The van der Waals surface area contributed by atoms with E-state index in [0.717, 1.165) is 24.3 Å². The largest absolute Gasteiger partial charge is 0.444 e. The van der Waals surface area contributed by atoms with Crippen molar-refractivity contribution < 1.29 is 9.21 Å². The molecule has 0 atom stereocenters. The van der Waals surface area contributed by atoms with Gasteiger partial charge < -0.3 is 14.6 Å². The highest BCUT2D eigenvalue weighted by atomic mass is 16.3. The lowest BCUT2D eigenvalue weighted by atomic mass is 10.1. The van der Waals surface area contributed by atoms with Gasteiger partial charge in [0.25, 0.3) is 0 Å². The molecule has 0 aliphatic carbocycles. The average molecular weight is 361 g/mol. The van der Waals surface area contributed by atoms with Crippen molar-refractivity contribution in [1.29, 1.82) is 0 Å². The van der Waals surface area contributed by atoms with Crippen molar-refractivity contribution in [2.24, 2.45) is 0 Å². The standard InChI is InChI=1S/C22H23N3O2/c1-16-13-18(9-10-20(16)25-11-5-6-12-25)23-21(26)14-19-15-27-22(24-19)17-7-3-2-4-8-17/h2-4,7-10,13,15H,5-6,11-12,14H2,1H3,(H,23,26). The number of nitrogens with zero attached hydrogens (tertiary/aromatic N) is 2. The molecule has 0 saturated carbocycles. The van der Waals surface area contributed by atoms with Gasteiger partial charge in [-0.3, -0.25) is 4.79 Å². The fraction of sp³-hybridized carbons (Fsp3) is 0.273. The molecule has 1 aliphatic rings. The van der Waals surface area contributed by atoms with Gasteiger partial charge in [0.1, 0.15) is 6.26 Å². The zero-order valence-electron chi connectivity index (χ0n) is 15.4. The molecule has 1 aliphatic heterocycles. The first-order valence-corrected chi connectivity index (χ1v) is 9.34. The molecule has 2 aromatic carbocycles. The van der Waals surface area contributed by atoms with Crippen LogP contribution in [0, 0.1) is 6.92 Å². The van der Waals surface area contributed by atoms with E-state index < -0.39 is 0 Å². The molecule has 1 saturated heterocycles. The normalized spacial score (nSPS) is 13.7. The zero-order valence-corrected chi connectivity index (χ0v) is 15.4. The molecule has 138 valence electrons. The van der Waals surface area contributed by atoms with Gasteiger partial charge in [0.2, 0.25) is 11.8 Å². The quantitative estimate of drug-likeness (QED) is 0.730. The van der Waals surface area contributed by atoms with Crippen LogP contribution in [0.4, 0.5) is 11.4 Å². The molecule has 1 fully saturated rings. The highest BCUT2D eigenvalue weighted by Gasteiger charge is 2.15. The van der Waals surface area contributed by atoms with E-state index in [0.29, 0.717) is 11.6 Å². The summed E-state index contributed by atoms with van der Waals surface area (Å²) in [5.41, 5.74) is 4.78. The minimum absolute atomic E-state index is 0.101. The minimum atomic E-state index is -0.101. The van der Waals surface area contributed by atoms with Gasteiger partial charge in [0, 0.05) is 30.0 Å². The second-order valence-corrected chi connectivity index (χ2v) is 6.93. The third-order valence-electron chi connectivity index (χ3n) is 4.84. The SMILES string of the molecule is Cc1cc(NC(=O)Cc2coc(-c3ccccc3)n2)ccc1N1CCCC1. The fourth-order valence-electron chi connectivity index (χ4n) is 3.52. The van der Waals surface area contributed by atoms with Crippen LogP contribution in [-0.4, -0.2) is 24.0 Å². The zero-order chi connectivity index (χ0) is 18.6. The van der Waals surface area contributed by atoms with Crippen LogP contribution >= 0.6 is 0 Å². The minimum Gasteiger partial charge on any atom is -0.444 e. The molecule has 27 heavy (non-hydrogen) atoms. The van der Waals surface area contributed by atoms with Gasteiger partial charge >= 0.3 is 0 Å². The maximum Gasteiger partial charge on any atom is 0.230 e. The molecule has 5 nitrogen and oxygen atoms in total. The van der Waals surface area contributed by atoms with E-state index in [1.807, 2.05) is 42.5 Å². The molecular formula is C22H23N3O2. The maximum absolute atomic E-state index is 12.4. The van der Waals surface area contributed by atoms with E-state index >= 15 is 0 Å². The molecule has 1 aromatic heterocycles. The van der Waals surface area contributed by atoms with Gasteiger partial charge in [-0.25, -0.2) is 4.98 Å². The van der Waals surface area contributed by atoms with E-state index in [1.165, 1.54) is 24.1 Å². The number of hydrogen-bond acceptors (Lipinski definition) is 4. The van der Waals surface area contributed by atoms with Gasteiger partial charge in [0.15, 0.2) is 0 Å². The third-order valence-corrected chi connectivity index (χ3v) is 4.84. The third kappa shape index (κ3) is 4.03. The number of benzene rings is 2. The molecule has 0 unspecified atom stereocenters. The number of hydrogen-bond donors (Lipinski definition) is 1. The molecule has 5 heteroatoms. The number of anilines is 2. The summed E-state index contributed by atoms with van der Waals surface area (Å²) in [6.07, 6.45) is 4.23. The molecular weight excluding hydrogens is 338 g/mol. The molecule has 2 heterocycles. The molecule has 0 spiro atoms. The number of amides is 1. The van der Waals surface area contributed by atoms with Crippen molar-refractivity contribution in [3.8, 4) is 11.5 Å². The number of rotatable bonds is 5. The van der Waals surface area contributed by atoms with E-state index in [2.05, 4.69) is 28.2 Å². The highest BCUT2D eigenvalue weighted by Crippen LogP contribution is 2.27. The Morgan fingerprint density at radius 1 is 1.15 bits per heavy atom. The number of nitrogens with one attached hydrogen (secondary N) is 1. The van der Waals surface area contributed by atoms with Crippen LogP contribution in [0.3, 0.4) is 0 Å². The Hall–Kier alpha value is -3.08. The first kappa shape index (κ1) is 17.3. The second-order valence-electron chi connectivity index (χ2n) is 6.93. The van der Waals surface area contributed by atoms with Crippen LogP contribution in [-0.2, 0) is 11.2 Å². The Morgan fingerprint density at radius 2 is 1.93 bits per heavy atom. The van der Waals surface area contributed by atoms with Crippen molar-refractivity contribution in [2.75, 3.05) is 23.3 Å². The molecule has 3 aromatic rings. The van der Waals surface area contributed by atoms with Crippen LogP contribution in [0.2, 0.25) is 0 Å². The first-order chi connectivity index (χ1) is 13.2. The molecule has 0 radical (unpaired) electrons. The number of carbonyl (C=O) groups is 1. The number of carbonyl (C=O) groups excluding carboxylic acids is 1. The van der Waals surface area contributed by atoms with Crippen molar-refractivity contribution in [3.05, 3.63) is 66.1 Å². The summed E-state index contributed by atoms with van der Waals surface area (Å²) in [6.45, 7) is 4.32. The van der Waals surface area contributed by atoms with Crippen molar-refractivity contribution in [2.45, 2.75) is 26.2 Å². The van der Waals surface area contributed by atoms with Crippen molar-refractivity contribution in [1.82, 2.24) is 4.98 Å². The molecule has 4 rings (SSSR count). The van der Waals surface area contributed by atoms with Gasteiger partial charge in [-0.05, 0) is 55.7 Å². The van der Waals surface area contributed by atoms with Crippen molar-refractivity contribution >= 4 is 17.3 Å². The van der Waals surface area contributed by atoms with E-state index in [9.17, 15) is 4.79 Å². The van der Waals surface area contributed by atoms with Crippen LogP contribution in [0.25, 0.3) is 11.5 Å². The highest BCUT2D eigenvalue weighted by molar-refractivity contribution is 5.92. The summed E-state index contributed by atoms with van der Waals surface area (Å²) in [4.78, 5) is 19.2. The van der Waals surface area contributed by atoms with E-state index in [4.69, 9.17) is 4.42 Å². The Balaban J connectivity index is 1.39. The number of aromatic nitrogens is 1. The Labute approximate surface area is 159 Å². The summed E-state index contributed by atoms with van der Waals surface area (Å²) in [7, 11) is 0. The van der Waals surface area contributed by atoms with E-state index in [-0.39, 0.29) is 12.3 Å². The Morgan fingerprint density at radius 3 is 2.67 bits per heavy atom. The van der Waals surface area contributed by atoms with Gasteiger partial charge in [0.05, 0.1) is 12.1 Å². The van der Waals surface area contributed by atoms with Gasteiger partial charge in [-0.1, -0.05) is 18.2 Å². The topological polar surface area (TPSA) is 58.4 Å². The monoisotopic (exact) mass is 361 g/mol. The average Bonchev–Trinajstić information content (AvgIpc) is 3.35. The summed E-state index contributed by atoms with van der Waals surface area (Å²) in [5, 5.41) is 2.96. The van der Waals surface area contributed by atoms with Gasteiger partial charge in [-0.15, -0.1) is 0 Å². The van der Waals surface area contributed by atoms with Crippen LogP contribution in [0.15, 0.2) is 59.2 Å². The lowest BCUT2D eigenvalue weighted by molar-refractivity contribution is -0.115. The van der Waals surface area contributed by atoms with Crippen LogP contribution in [0.5, 0.6) is 0 Å². The first-order valence-electron chi connectivity index (χ1n) is 9.34. The summed E-state index contributed by atoms with van der Waals surface area (Å²) < 4.78 is 5.50. The molecule has 1 N–H and O–H groups in total. The Bertz CT molecular complexity index is 928. The molecule has 1 amide bonds. The second kappa shape index (κ2) is 7.66. The summed E-state index contributed by atoms with van der Waals surface area (Å²) in [6, 6.07) is 15.8. The van der Waals surface area contributed by atoms with Gasteiger partial charge in [-0.2, -0.15) is 0 Å². The predicted molar refractivity (Wildman–Crippen MR) is 107 cm³/mol. The van der Waals surface area contributed by atoms with E-state index in [1.54, 1.807) is 6.26 Å². The smallest absolute Gasteiger partial charge is 0.230 e. The number of oxazole rings is 1. The lowest BCUT2D eigenvalue weighted by Gasteiger charge is -2.20. The van der Waals surface area contributed by atoms with Crippen molar-refractivity contribution in [3.63, 3.8) is 0 Å². The predicted octanol–water partition coefficient (Wildman–Crippen LogP) is 4.43.